The van der Waals surface area contributed by atoms with Crippen molar-refractivity contribution in [3.05, 3.63) is 65.9 Å². The van der Waals surface area contributed by atoms with Crippen molar-refractivity contribution < 1.29 is 17.9 Å². The van der Waals surface area contributed by atoms with E-state index in [1.54, 1.807) is 24.3 Å². The van der Waals surface area contributed by atoms with Gasteiger partial charge in [0.15, 0.2) is 0 Å². The standard InChI is InChI=1S/C26H31F3N4O/c1-3-5-6-7-8-19-9-11-21(12-10-19)32-25-30-18-23(26(27,28)29)24(33-25)31-20-13-15-22(16-14-20)34-17-4-2/h9-16,18H,3-8,17H2,1-2H3,(H2,30,31,32,33). The first kappa shape index (κ1) is 25.3. The Labute approximate surface area is 198 Å². The maximum Gasteiger partial charge on any atom is 0.421 e. The highest BCUT2D eigenvalue weighted by atomic mass is 19.4. The van der Waals surface area contributed by atoms with Crippen molar-refractivity contribution in [2.75, 3.05) is 17.2 Å². The number of benzene rings is 2. The molecule has 8 heteroatoms. The number of nitrogens with zero attached hydrogens (tertiary/aromatic N) is 2. The van der Waals surface area contributed by atoms with E-state index in [0.717, 1.165) is 25.5 Å². The van der Waals surface area contributed by atoms with E-state index in [1.165, 1.54) is 24.8 Å². The summed E-state index contributed by atoms with van der Waals surface area (Å²) in [6.07, 6.45) is 2.86. The van der Waals surface area contributed by atoms with Crippen LogP contribution in [0.1, 0.15) is 57.1 Å². The number of rotatable bonds is 12. The minimum atomic E-state index is -4.59. The molecule has 2 N–H and O–H groups in total. The van der Waals surface area contributed by atoms with E-state index in [-0.39, 0.29) is 11.8 Å². The van der Waals surface area contributed by atoms with Gasteiger partial charge < -0.3 is 15.4 Å². The van der Waals surface area contributed by atoms with Crippen LogP contribution in [0.3, 0.4) is 0 Å². The van der Waals surface area contributed by atoms with Crippen LogP contribution in [0.2, 0.25) is 0 Å². The molecule has 0 saturated carbocycles. The molecule has 2 aromatic carbocycles. The molecular formula is C26H31F3N4O. The summed E-state index contributed by atoms with van der Waals surface area (Å²) in [4.78, 5) is 7.99. The zero-order valence-corrected chi connectivity index (χ0v) is 19.6. The van der Waals surface area contributed by atoms with Crippen molar-refractivity contribution in [3.8, 4) is 5.75 Å². The Hall–Kier alpha value is -3.29. The third-order valence-electron chi connectivity index (χ3n) is 5.21. The summed E-state index contributed by atoms with van der Waals surface area (Å²) in [6, 6.07) is 14.5. The van der Waals surface area contributed by atoms with E-state index in [2.05, 4.69) is 27.5 Å². The topological polar surface area (TPSA) is 59.1 Å². The Bertz CT molecular complexity index is 1020. The summed E-state index contributed by atoms with van der Waals surface area (Å²) in [5, 5.41) is 5.76. The van der Waals surface area contributed by atoms with Crippen molar-refractivity contribution in [1.82, 2.24) is 9.97 Å². The van der Waals surface area contributed by atoms with Gasteiger partial charge in [-0.3, -0.25) is 0 Å². The third-order valence-corrected chi connectivity index (χ3v) is 5.21. The van der Waals surface area contributed by atoms with E-state index < -0.39 is 11.7 Å². The van der Waals surface area contributed by atoms with Crippen LogP contribution in [0.5, 0.6) is 5.75 Å². The molecule has 182 valence electrons. The first-order chi connectivity index (χ1) is 16.4. The van der Waals surface area contributed by atoms with Crippen LogP contribution in [0.15, 0.2) is 54.7 Å². The second kappa shape index (κ2) is 12.3. The number of halogens is 3. The Morgan fingerprint density at radius 1 is 0.824 bits per heavy atom. The van der Waals surface area contributed by atoms with Crippen molar-refractivity contribution in [1.29, 1.82) is 0 Å². The predicted molar refractivity (Wildman–Crippen MR) is 130 cm³/mol. The average molecular weight is 473 g/mol. The van der Waals surface area contributed by atoms with Crippen LogP contribution in [-0.2, 0) is 12.6 Å². The monoisotopic (exact) mass is 472 g/mol. The largest absolute Gasteiger partial charge is 0.494 e. The molecule has 0 aliphatic heterocycles. The maximum absolute atomic E-state index is 13.5. The molecule has 0 aliphatic carbocycles. The Kier molecular flexibility index (Phi) is 9.13. The molecule has 0 radical (unpaired) electrons. The van der Waals surface area contributed by atoms with E-state index in [4.69, 9.17) is 4.74 Å². The highest BCUT2D eigenvalue weighted by Gasteiger charge is 2.35. The lowest BCUT2D eigenvalue weighted by atomic mass is 10.1. The number of anilines is 4. The Morgan fingerprint density at radius 3 is 2.15 bits per heavy atom. The molecule has 0 fully saturated rings. The molecule has 0 amide bonds. The van der Waals surface area contributed by atoms with Crippen LogP contribution in [0.25, 0.3) is 0 Å². The van der Waals surface area contributed by atoms with E-state index >= 15 is 0 Å². The average Bonchev–Trinajstić information content (AvgIpc) is 2.82. The number of alkyl halides is 3. The third kappa shape index (κ3) is 7.64. The highest BCUT2D eigenvalue weighted by molar-refractivity contribution is 5.63. The first-order valence-electron chi connectivity index (χ1n) is 11.7. The van der Waals surface area contributed by atoms with Crippen molar-refractivity contribution in [3.63, 3.8) is 0 Å². The van der Waals surface area contributed by atoms with E-state index in [1.807, 2.05) is 31.2 Å². The summed E-state index contributed by atoms with van der Waals surface area (Å²) >= 11 is 0. The normalized spacial score (nSPS) is 11.3. The van der Waals surface area contributed by atoms with Gasteiger partial charge >= 0.3 is 6.18 Å². The first-order valence-corrected chi connectivity index (χ1v) is 11.7. The lowest BCUT2D eigenvalue weighted by Gasteiger charge is -2.15. The summed E-state index contributed by atoms with van der Waals surface area (Å²) in [5.74, 6) is 0.413. The van der Waals surface area contributed by atoms with Gasteiger partial charge in [-0.15, -0.1) is 0 Å². The van der Waals surface area contributed by atoms with Gasteiger partial charge in [0.05, 0.1) is 6.61 Å². The molecule has 0 spiro atoms. The fraction of sp³-hybridized carbons (Fsp3) is 0.385. The van der Waals surface area contributed by atoms with Crippen molar-refractivity contribution in [2.45, 2.75) is 58.5 Å². The minimum absolute atomic E-state index is 0.0779. The van der Waals surface area contributed by atoms with Crippen LogP contribution >= 0.6 is 0 Å². The maximum atomic E-state index is 13.5. The Morgan fingerprint density at radius 2 is 1.50 bits per heavy atom. The van der Waals surface area contributed by atoms with Gasteiger partial charge in [-0.2, -0.15) is 18.2 Å². The molecule has 34 heavy (non-hydrogen) atoms. The second-order valence-electron chi connectivity index (χ2n) is 8.08. The van der Waals surface area contributed by atoms with Gasteiger partial charge in [-0.05, 0) is 61.2 Å². The van der Waals surface area contributed by atoms with Gasteiger partial charge in [0.1, 0.15) is 17.1 Å². The number of ether oxygens (including phenoxy) is 1. The zero-order valence-electron chi connectivity index (χ0n) is 19.6. The number of hydrogen-bond acceptors (Lipinski definition) is 5. The second-order valence-corrected chi connectivity index (χ2v) is 8.08. The van der Waals surface area contributed by atoms with Gasteiger partial charge in [0.2, 0.25) is 5.95 Å². The predicted octanol–water partition coefficient (Wildman–Crippen LogP) is 7.89. The zero-order chi connectivity index (χ0) is 24.4. The smallest absolute Gasteiger partial charge is 0.421 e. The summed E-state index contributed by atoms with van der Waals surface area (Å²) in [6.45, 7) is 4.76. The SMILES string of the molecule is CCCCCCc1ccc(Nc2ncc(C(F)(F)F)c(Nc3ccc(OCCC)cc3)n2)cc1. The molecule has 3 rings (SSSR count). The lowest BCUT2D eigenvalue weighted by molar-refractivity contribution is -0.137. The number of nitrogens with one attached hydrogen (secondary N) is 2. The van der Waals surface area contributed by atoms with Crippen molar-refractivity contribution in [2.24, 2.45) is 0 Å². The van der Waals surface area contributed by atoms with Crippen LogP contribution < -0.4 is 15.4 Å². The molecule has 5 nitrogen and oxygen atoms in total. The van der Waals surface area contributed by atoms with Gasteiger partial charge in [-0.1, -0.05) is 45.2 Å². The van der Waals surface area contributed by atoms with Crippen LogP contribution in [0.4, 0.5) is 36.3 Å². The number of hydrogen-bond donors (Lipinski definition) is 2. The van der Waals surface area contributed by atoms with Gasteiger partial charge in [0, 0.05) is 17.6 Å². The molecule has 0 saturated heterocycles. The quantitative estimate of drug-likeness (QED) is 0.262. The number of aromatic nitrogens is 2. The van der Waals surface area contributed by atoms with E-state index in [9.17, 15) is 13.2 Å². The lowest BCUT2D eigenvalue weighted by Crippen LogP contribution is -2.12. The molecule has 0 aliphatic rings. The molecule has 0 bridgehead atoms. The van der Waals surface area contributed by atoms with Crippen LogP contribution in [0, 0.1) is 0 Å². The Balaban J connectivity index is 1.72. The highest BCUT2D eigenvalue weighted by Crippen LogP contribution is 2.35. The number of aryl methyl sites for hydroxylation is 1. The summed E-state index contributed by atoms with van der Waals surface area (Å²) in [5.41, 5.74) is 1.46. The molecular weight excluding hydrogens is 441 g/mol. The molecule has 0 unspecified atom stereocenters. The summed E-state index contributed by atoms with van der Waals surface area (Å²) < 4.78 is 46.2. The van der Waals surface area contributed by atoms with Crippen molar-refractivity contribution >= 4 is 23.1 Å². The molecule has 0 atom stereocenters. The number of unbranched alkanes of at least 4 members (excludes halogenated alkanes) is 3. The van der Waals surface area contributed by atoms with E-state index in [0.29, 0.717) is 23.7 Å². The minimum Gasteiger partial charge on any atom is -0.494 e. The summed E-state index contributed by atoms with van der Waals surface area (Å²) in [7, 11) is 0. The van der Waals surface area contributed by atoms with Gasteiger partial charge in [-0.25, -0.2) is 4.98 Å². The molecule has 1 heterocycles. The van der Waals surface area contributed by atoms with Gasteiger partial charge in [0.25, 0.3) is 0 Å². The molecule has 3 aromatic rings. The fourth-order valence-corrected chi connectivity index (χ4v) is 3.38. The van der Waals surface area contributed by atoms with Crippen LogP contribution in [-0.4, -0.2) is 16.6 Å². The fourth-order valence-electron chi connectivity index (χ4n) is 3.38. The molecule has 1 aromatic heterocycles.